The highest BCUT2D eigenvalue weighted by molar-refractivity contribution is 5.95. The Bertz CT molecular complexity index is 506. The van der Waals surface area contributed by atoms with Crippen LogP contribution in [0.3, 0.4) is 0 Å². The molecule has 0 spiro atoms. The van der Waals surface area contributed by atoms with Crippen LogP contribution in [0.5, 0.6) is 0 Å². The summed E-state index contributed by atoms with van der Waals surface area (Å²) in [6.45, 7) is 5.03. The molecule has 1 rings (SSSR count). The van der Waals surface area contributed by atoms with Crippen LogP contribution in [0.1, 0.15) is 29.8 Å². The Hall–Kier alpha value is -1.95. The Kier molecular flexibility index (Phi) is 4.26. The predicted molar refractivity (Wildman–Crippen MR) is 71.1 cm³/mol. The van der Waals surface area contributed by atoms with Gasteiger partial charge in [-0.1, -0.05) is 0 Å². The highest BCUT2D eigenvalue weighted by Gasteiger charge is 2.22. The second-order valence-electron chi connectivity index (χ2n) is 5.29. The Morgan fingerprint density at radius 1 is 1.42 bits per heavy atom. The summed E-state index contributed by atoms with van der Waals surface area (Å²) in [6.07, 6.45) is 0. The second kappa shape index (κ2) is 5.36. The number of nitro benzene ring substituents is 1. The molecule has 19 heavy (non-hydrogen) atoms. The van der Waals surface area contributed by atoms with Crippen LogP contribution >= 0.6 is 0 Å². The molecule has 1 aromatic rings. The fraction of sp³-hybridized carbons (Fsp3) is 0.462. The average Bonchev–Trinajstić information content (AvgIpc) is 2.24. The minimum absolute atomic E-state index is 0.111. The van der Waals surface area contributed by atoms with Crippen molar-refractivity contribution in [1.82, 2.24) is 4.90 Å². The maximum absolute atomic E-state index is 12.1. The van der Waals surface area contributed by atoms with E-state index in [0.29, 0.717) is 5.56 Å². The number of nitrogens with zero attached hydrogens (tertiary/aromatic N) is 2. The maximum Gasteiger partial charge on any atom is 0.270 e. The lowest BCUT2D eigenvalue weighted by molar-refractivity contribution is -0.384. The van der Waals surface area contributed by atoms with Crippen LogP contribution in [-0.2, 0) is 0 Å². The Labute approximate surface area is 111 Å². The molecule has 0 aliphatic rings. The van der Waals surface area contributed by atoms with E-state index in [9.17, 15) is 20.0 Å². The minimum atomic E-state index is -1.01. The van der Waals surface area contributed by atoms with Gasteiger partial charge in [0.05, 0.1) is 10.5 Å². The first-order valence-corrected chi connectivity index (χ1v) is 5.84. The van der Waals surface area contributed by atoms with E-state index in [1.54, 1.807) is 33.9 Å². The number of amides is 1. The molecule has 0 unspecified atom stereocenters. The van der Waals surface area contributed by atoms with Crippen molar-refractivity contribution in [1.29, 1.82) is 0 Å². The first-order valence-electron chi connectivity index (χ1n) is 5.84. The first kappa shape index (κ1) is 15.1. The van der Waals surface area contributed by atoms with Gasteiger partial charge in [-0.3, -0.25) is 14.9 Å². The number of hydrogen-bond donors (Lipinski definition) is 1. The summed E-state index contributed by atoms with van der Waals surface area (Å²) in [5, 5.41) is 20.4. The molecule has 0 atom stereocenters. The summed E-state index contributed by atoms with van der Waals surface area (Å²) < 4.78 is 0. The van der Waals surface area contributed by atoms with Gasteiger partial charge < -0.3 is 10.0 Å². The summed E-state index contributed by atoms with van der Waals surface area (Å²) in [5.41, 5.74) is -0.229. The van der Waals surface area contributed by atoms with Crippen LogP contribution in [0.4, 0.5) is 5.69 Å². The van der Waals surface area contributed by atoms with Gasteiger partial charge in [0.1, 0.15) is 0 Å². The molecule has 1 aromatic carbocycles. The van der Waals surface area contributed by atoms with E-state index in [4.69, 9.17) is 0 Å². The fourth-order valence-electron chi connectivity index (χ4n) is 1.86. The number of carbonyl (C=O) groups is 1. The van der Waals surface area contributed by atoms with E-state index in [2.05, 4.69) is 0 Å². The molecule has 1 N–H and O–H groups in total. The van der Waals surface area contributed by atoms with E-state index in [1.807, 2.05) is 0 Å². The molecule has 0 bridgehead atoms. The zero-order valence-electron chi connectivity index (χ0n) is 11.5. The number of hydrogen-bond acceptors (Lipinski definition) is 4. The van der Waals surface area contributed by atoms with Crippen LogP contribution in [0.15, 0.2) is 18.2 Å². The summed E-state index contributed by atoms with van der Waals surface area (Å²) >= 11 is 0. The van der Waals surface area contributed by atoms with Crippen molar-refractivity contribution < 1.29 is 14.8 Å². The van der Waals surface area contributed by atoms with Gasteiger partial charge in [-0.15, -0.1) is 0 Å². The molecular weight excluding hydrogens is 248 g/mol. The number of aryl methyl sites for hydroxylation is 1. The van der Waals surface area contributed by atoms with Crippen molar-refractivity contribution in [2.45, 2.75) is 26.4 Å². The van der Waals surface area contributed by atoms with Crippen LogP contribution in [0.25, 0.3) is 0 Å². The normalized spacial score (nSPS) is 11.2. The highest BCUT2D eigenvalue weighted by atomic mass is 16.6. The molecule has 0 fully saturated rings. The quantitative estimate of drug-likeness (QED) is 0.664. The average molecular weight is 266 g/mol. The number of non-ortho nitro benzene ring substituents is 1. The summed E-state index contributed by atoms with van der Waals surface area (Å²) in [5.74, 6) is -0.353. The molecule has 0 aromatic heterocycles. The van der Waals surface area contributed by atoms with Crippen LogP contribution < -0.4 is 0 Å². The lowest BCUT2D eigenvalue weighted by atomic mass is 10.1. The van der Waals surface area contributed by atoms with Gasteiger partial charge in [0.2, 0.25) is 0 Å². The molecular formula is C13H18N2O4. The van der Waals surface area contributed by atoms with Gasteiger partial charge in [-0.25, -0.2) is 0 Å². The van der Waals surface area contributed by atoms with Gasteiger partial charge in [-0.05, 0) is 32.4 Å². The second-order valence-corrected chi connectivity index (χ2v) is 5.29. The van der Waals surface area contributed by atoms with Crippen molar-refractivity contribution in [2.75, 3.05) is 13.6 Å². The number of carbonyl (C=O) groups excluding carboxylic acids is 1. The monoisotopic (exact) mass is 266 g/mol. The number of aliphatic hydroxyl groups is 1. The molecule has 0 aliphatic carbocycles. The van der Waals surface area contributed by atoms with E-state index < -0.39 is 10.5 Å². The third-order valence-electron chi connectivity index (χ3n) is 2.49. The molecule has 0 heterocycles. The molecule has 0 radical (unpaired) electrons. The molecule has 1 amide bonds. The van der Waals surface area contributed by atoms with Crippen molar-refractivity contribution >= 4 is 11.6 Å². The van der Waals surface area contributed by atoms with Crippen molar-refractivity contribution in [3.63, 3.8) is 0 Å². The van der Waals surface area contributed by atoms with Gasteiger partial charge in [0.15, 0.2) is 0 Å². The largest absolute Gasteiger partial charge is 0.389 e. The fourth-order valence-corrected chi connectivity index (χ4v) is 1.86. The third kappa shape index (κ3) is 4.33. The van der Waals surface area contributed by atoms with Crippen molar-refractivity contribution in [3.8, 4) is 0 Å². The third-order valence-corrected chi connectivity index (χ3v) is 2.49. The zero-order chi connectivity index (χ0) is 14.8. The molecule has 104 valence electrons. The number of nitro groups is 1. The van der Waals surface area contributed by atoms with E-state index >= 15 is 0 Å². The number of benzene rings is 1. The van der Waals surface area contributed by atoms with Crippen molar-refractivity contribution in [2.24, 2.45) is 0 Å². The van der Waals surface area contributed by atoms with Crippen LogP contribution in [0, 0.1) is 17.0 Å². The lowest BCUT2D eigenvalue weighted by Crippen LogP contribution is -2.39. The SMILES string of the molecule is Cc1cc(C(=O)N(C)CC(C)(C)O)cc([N+](=O)[O-])c1. The standard InChI is InChI=1S/C13H18N2O4/c1-9-5-10(7-11(6-9)15(18)19)12(16)14(4)8-13(2,3)17/h5-7,17H,8H2,1-4H3. The minimum Gasteiger partial charge on any atom is -0.389 e. The molecule has 0 aliphatic heterocycles. The number of rotatable bonds is 4. The highest BCUT2D eigenvalue weighted by Crippen LogP contribution is 2.18. The molecule has 0 saturated carbocycles. The molecule has 6 nitrogen and oxygen atoms in total. The van der Waals surface area contributed by atoms with E-state index in [1.165, 1.54) is 17.0 Å². The van der Waals surface area contributed by atoms with Crippen molar-refractivity contribution in [3.05, 3.63) is 39.4 Å². The van der Waals surface area contributed by atoms with Crippen LogP contribution in [-0.4, -0.2) is 40.0 Å². The maximum atomic E-state index is 12.1. The first-order chi connectivity index (χ1) is 8.60. The predicted octanol–water partition coefficient (Wildman–Crippen LogP) is 1.75. The van der Waals surface area contributed by atoms with Gasteiger partial charge in [0, 0.05) is 31.3 Å². The lowest BCUT2D eigenvalue weighted by Gasteiger charge is -2.25. The molecule has 0 saturated heterocycles. The molecule has 6 heteroatoms. The summed E-state index contributed by atoms with van der Waals surface area (Å²) in [6, 6.07) is 4.25. The number of likely N-dealkylation sites (N-methyl/N-ethyl adjacent to an activating group) is 1. The van der Waals surface area contributed by atoms with Gasteiger partial charge in [0.25, 0.3) is 11.6 Å². The van der Waals surface area contributed by atoms with Gasteiger partial charge >= 0.3 is 0 Å². The summed E-state index contributed by atoms with van der Waals surface area (Å²) in [4.78, 5) is 23.7. The van der Waals surface area contributed by atoms with E-state index in [-0.39, 0.29) is 23.7 Å². The Balaban J connectivity index is 3.03. The Morgan fingerprint density at radius 3 is 2.47 bits per heavy atom. The topological polar surface area (TPSA) is 83.7 Å². The van der Waals surface area contributed by atoms with Gasteiger partial charge in [-0.2, -0.15) is 0 Å². The van der Waals surface area contributed by atoms with E-state index in [0.717, 1.165) is 0 Å². The zero-order valence-corrected chi connectivity index (χ0v) is 11.5. The Morgan fingerprint density at radius 2 is 2.00 bits per heavy atom. The smallest absolute Gasteiger partial charge is 0.270 e. The summed E-state index contributed by atoms with van der Waals surface area (Å²) in [7, 11) is 1.55. The van der Waals surface area contributed by atoms with Crippen LogP contribution in [0.2, 0.25) is 0 Å².